The van der Waals surface area contributed by atoms with Crippen LogP contribution in [0.15, 0.2) is 0 Å². The molecule has 5 nitrogen and oxygen atoms in total. The van der Waals surface area contributed by atoms with Crippen molar-refractivity contribution in [3.8, 4) is 0 Å². The largest absolute Gasteiger partial charge is 0.480 e. The lowest BCUT2D eigenvalue weighted by molar-refractivity contribution is -0.142. The number of aliphatic carboxylic acids is 1. The first-order chi connectivity index (χ1) is 7.52. The van der Waals surface area contributed by atoms with Crippen LogP contribution in [0.5, 0.6) is 0 Å². The molecule has 1 aliphatic heterocycles. The number of hydrogen-bond donors (Lipinski definition) is 1. The number of rotatable bonds is 5. The Kier molecular flexibility index (Phi) is 4.73. The molecule has 1 amide bonds. The van der Waals surface area contributed by atoms with Crippen LogP contribution in [0.2, 0.25) is 0 Å². The number of likely N-dealkylation sites (tertiary alicyclic amines) is 1. The lowest BCUT2D eigenvalue weighted by atomic mass is 10.1. The highest BCUT2D eigenvalue weighted by Crippen LogP contribution is 2.12. The summed E-state index contributed by atoms with van der Waals surface area (Å²) in [5, 5.41) is 8.96. The second-order valence-electron chi connectivity index (χ2n) is 4.44. The van der Waals surface area contributed by atoms with Crippen molar-refractivity contribution in [1.29, 1.82) is 0 Å². The number of nitrogens with zero attached hydrogens (tertiary/aromatic N) is 2. The number of amides is 1. The maximum Gasteiger partial charge on any atom is 0.320 e. The molecule has 1 atom stereocenters. The third-order valence-corrected chi connectivity index (χ3v) is 3.00. The predicted octanol–water partition coefficient (Wildman–Crippen LogP) is 0.404. The zero-order valence-electron chi connectivity index (χ0n) is 9.98. The van der Waals surface area contributed by atoms with Gasteiger partial charge in [0.1, 0.15) is 6.04 Å². The summed E-state index contributed by atoms with van der Waals surface area (Å²) in [6, 6.07) is -0.563. The number of hydrogen-bond acceptors (Lipinski definition) is 3. The Morgan fingerprint density at radius 1 is 1.31 bits per heavy atom. The molecule has 1 unspecified atom stereocenters. The first-order valence-electron chi connectivity index (χ1n) is 5.69. The van der Waals surface area contributed by atoms with Gasteiger partial charge in [-0.2, -0.15) is 0 Å². The van der Waals surface area contributed by atoms with E-state index < -0.39 is 12.0 Å². The Hall–Kier alpha value is -1.10. The van der Waals surface area contributed by atoms with Gasteiger partial charge in [0, 0.05) is 19.5 Å². The van der Waals surface area contributed by atoms with Gasteiger partial charge in [-0.25, -0.2) is 0 Å². The number of carbonyl (C=O) groups is 2. The van der Waals surface area contributed by atoms with E-state index >= 15 is 0 Å². The van der Waals surface area contributed by atoms with Crippen LogP contribution in [0.1, 0.15) is 25.7 Å². The normalized spacial score (nSPS) is 17.8. The average Bonchev–Trinajstić information content (AvgIpc) is 2.69. The Morgan fingerprint density at radius 2 is 1.88 bits per heavy atom. The van der Waals surface area contributed by atoms with E-state index in [1.807, 2.05) is 4.90 Å². The van der Waals surface area contributed by atoms with Gasteiger partial charge in [-0.1, -0.05) is 0 Å². The van der Waals surface area contributed by atoms with Crippen molar-refractivity contribution in [3.05, 3.63) is 0 Å². The maximum absolute atomic E-state index is 11.7. The lowest BCUT2D eigenvalue weighted by Gasteiger charge is -2.21. The minimum atomic E-state index is -0.862. The van der Waals surface area contributed by atoms with Crippen molar-refractivity contribution < 1.29 is 14.7 Å². The number of carboxylic acid groups (broad SMARTS) is 1. The van der Waals surface area contributed by atoms with Crippen molar-refractivity contribution in [2.75, 3.05) is 27.2 Å². The zero-order valence-corrected chi connectivity index (χ0v) is 9.98. The van der Waals surface area contributed by atoms with Crippen LogP contribution >= 0.6 is 0 Å². The summed E-state index contributed by atoms with van der Waals surface area (Å²) >= 11 is 0. The van der Waals surface area contributed by atoms with Crippen LogP contribution in [-0.4, -0.2) is 60.0 Å². The van der Waals surface area contributed by atoms with Gasteiger partial charge < -0.3 is 10.0 Å². The molecule has 16 heavy (non-hydrogen) atoms. The molecule has 0 saturated carbocycles. The third kappa shape index (κ3) is 3.48. The second-order valence-corrected chi connectivity index (χ2v) is 4.44. The lowest BCUT2D eigenvalue weighted by Crippen LogP contribution is -2.37. The minimum absolute atomic E-state index is 0.0885. The molecular weight excluding hydrogens is 208 g/mol. The van der Waals surface area contributed by atoms with E-state index in [0.29, 0.717) is 12.8 Å². The van der Waals surface area contributed by atoms with Crippen molar-refractivity contribution in [3.63, 3.8) is 0 Å². The predicted molar refractivity (Wildman–Crippen MR) is 60.2 cm³/mol. The summed E-state index contributed by atoms with van der Waals surface area (Å²) in [7, 11) is 3.44. The van der Waals surface area contributed by atoms with Gasteiger partial charge in [0.15, 0.2) is 0 Å². The zero-order chi connectivity index (χ0) is 12.1. The molecule has 1 N–H and O–H groups in total. The summed E-state index contributed by atoms with van der Waals surface area (Å²) < 4.78 is 0. The van der Waals surface area contributed by atoms with Crippen molar-refractivity contribution in [2.24, 2.45) is 0 Å². The fraction of sp³-hybridized carbons (Fsp3) is 0.818. The molecule has 92 valence electrons. The van der Waals surface area contributed by atoms with Gasteiger partial charge >= 0.3 is 5.97 Å². The molecule has 0 aliphatic carbocycles. The molecule has 5 heteroatoms. The highest BCUT2D eigenvalue weighted by Gasteiger charge is 2.23. The molecule has 1 aliphatic rings. The van der Waals surface area contributed by atoms with Crippen LogP contribution in [0.3, 0.4) is 0 Å². The molecule has 1 saturated heterocycles. The topological polar surface area (TPSA) is 60.9 Å². The maximum atomic E-state index is 11.7. The van der Waals surface area contributed by atoms with Crippen molar-refractivity contribution in [1.82, 2.24) is 9.80 Å². The summed E-state index contributed by atoms with van der Waals surface area (Å²) in [5.41, 5.74) is 0. The van der Waals surface area contributed by atoms with Gasteiger partial charge in [-0.3, -0.25) is 14.5 Å². The number of carbonyl (C=O) groups excluding carboxylic acids is 1. The van der Waals surface area contributed by atoms with Gasteiger partial charge in [0.2, 0.25) is 5.91 Å². The molecule has 0 aromatic carbocycles. The van der Waals surface area contributed by atoms with Crippen LogP contribution in [0.4, 0.5) is 0 Å². The Bertz CT molecular complexity index is 260. The quantitative estimate of drug-likeness (QED) is 0.740. The van der Waals surface area contributed by atoms with E-state index in [4.69, 9.17) is 5.11 Å². The molecule has 0 aromatic rings. The van der Waals surface area contributed by atoms with Crippen molar-refractivity contribution in [2.45, 2.75) is 31.7 Å². The number of likely N-dealkylation sites (N-methyl/N-ethyl adjacent to an activating group) is 1. The van der Waals surface area contributed by atoms with Gasteiger partial charge in [0.25, 0.3) is 0 Å². The highest BCUT2D eigenvalue weighted by atomic mass is 16.4. The van der Waals surface area contributed by atoms with Crippen LogP contribution in [0.25, 0.3) is 0 Å². The molecule has 1 heterocycles. The molecule has 1 fully saturated rings. The van der Waals surface area contributed by atoms with Gasteiger partial charge in [0.05, 0.1) is 0 Å². The molecule has 0 radical (unpaired) electrons. The smallest absolute Gasteiger partial charge is 0.320 e. The van der Waals surface area contributed by atoms with Crippen LogP contribution in [0, 0.1) is 0 Å². The third-order valence-electron chi connectivity index (χ3n) is 3.00. The standard InChI is InChI=1S/C11H20N2O3/c1-12(2)9(11(15)16)5-6-10(14)13-7-3-4-8-13/h9H,3-8H2,1-2H3,(H,15,16). The first-order valence-corrected chi connectivity index (χ1v) is 5.69. The monoisotopic (exact) mass is 228 g/mol. The first kappa shape index (κ1) is 13.0. The summed E-state index contributed by atoms with van der Waals surface area (Å²) in [6.45, 7) is 1.66. The molecule has 0 bridgehead atoms. The summed E-state index contributed by atoms with van der Waals surface area (Å²) in [5.74, 6) is -0.773. The van der Waals surface area contributed by atoms with E-state index in [1.165, 1.54) is 0 Å². The summed E-state index contributed by atoms with van der Waals surface area (Å²) in [6.07, 6.45) is 2.86. The Balaban J connectivity index is 2.36. The second kappa shape index (κ2) is 5.84. The number of carboxylic acids is 1. The van der Waals surface area contributed by atoms with Crippen molar-refractivity contribution >= 4 is 11.9 Å². The van der Waals surface area contributed by atoms with Gasteiger partial charge in [-0.15, -0.1) is 0 Å². The molecule has 0 aromatic heterocycles. The van der Waals surface area contributed by atoms with E-state index in [0.717, 1.165) is 25.9 Å². The summed E-state index contributed by atoms with van der Waals surface area (Å²) in [4.78, 5) is 26.1. The Labute approximate surface area is 96.0 Å². The molecular formula is C11H20N2O3. The molecule has 0 spiro atoms. The molecule has 1 rings (SSSR count). The van der Waals surface area contributed by atoms with E-state index in [1.54, 1.807) is 19.0 Å². The van der Waals surface area contributed by atoms with E-state index in [2.05, 4.69) is 0 Å². The van der Waals surface area contributed by atoms with E-state index in [-0.39, 0.29) is 5.91 Å². The van der Waals surface area contributed by atoms with Gasteiger partial charge in [-0.05, 0) is 33.4 Å². The average molecular weight is 228 g/mol. The fourth-order valence-electron chi connectivity index (χ4n) is 1.99. The highest BCUT2D eigenvalue weighted by molar-refractivity contribution is 5.78. The fourth-order valence-corrected chi connectivity index (χ4v) is 1.99. The van der Waals surface area contributed by atoms with Crippen LogP contribution in [-0.2, 0) is 9.59 Å². The van der Waals surface area contributed by atoms with E-state index in [9.17, 15) is 9.59 Å². The SMILES string of the molecule is CN(C)C(CCC(=O)N1CCCC1)C(=O)O. The van der Waals surface area contributed by atoms with Crippen LogP contribution < -0.4 is 0 Å². The Morgan fingerprint density at radius 3 is 2.31 bits per heavy atom. The minimum Gasteiger partial charge on any atom is -0.480 e.